The third kappa shape index (κ3) is 1.77. The molecule has 1 aromatic carbocycles. The van der Waals surface area contributed by atoms with Crippen molar-refractivity contribution < 1.29 is 19.5 Å². The normalized spacial score (nSPS) is 14.1. The molecule has 0 radical (unpaired) electrons. The van der Waals surface area contributed by atoms with Gasteiger partial charge in [0.1, 0.15) is 6.54 Å². The van der Waals surface area contributed by atoms with Gasteiger partial charge in [0.2, 0.25) is 0 Å². The molecule has 1 N–H and O–H groups in total. The van der Waals surface area contributed by atoms with Gasteiger partial charge in [-0.3, -0.25) is 19.3 Å². The fourth-order valence-electron chi connectivity index (χ4n) is 1.61. The van der Waals surface area contributed by atoms with Crippen LogP contribution in [0.15, 0.2) is 12.1 Å². The van der Waals surface area contributed by atoms with Gasteiger partial charge in [0.25, 0.3) is 11.7 Å². The van der Waals surface area contributed by atoms with E-state index in [0.717, 1.165) is 4.90 Å². The average Bonchev–Trinajstić information content (AvgIpc) is 2.49. The van der Waals surface area contributed by atoms with Gasteiger partial charge in [-0.05, 0) is 12.1 Å². The Hall–Kier alpha value is -1.59. The number of benzene rings is 1. The van der Waals surface area contributed by atoms with Gasteiger partial charge >= 0.3 is 5.97 Å². The van der Waals surface area contributed by atoms with Crippen molar-refractivity contribution >= 4 is 46.5 Å². The van der Waals surface area contributed by atoms with Crippen molar-refractivity contribution in [3.8, 4) is 0 Å². The lowest BCUT2D eigenvalue weighted by atomic mass is 10.1. The number of carbonyl (C=O) groups excluding carboxylic acids is 2. The van der Waals surface area contributed by atoms with Gasteiger partial charge in [-0.2, -0.15) is 0 Å². The number of Topliss-reactive ketones (excluding diaryl/α,β-unsaturated/α-hetero) is 1. The number of hydrogen-bond acceptors (Lipinski definition) is 3. The van der Waals surface area contributed by atoms with Crippen molar-refractivity contribution in [3.05, 3.63) is 27.7 Å². The number of aliphatic carboxylic acids is 1. The smallest absolute Gasteiger partial charge is 0.323 e. The zero-order valence-electron chi connectivity index (χ0n) is 8.24. The summed E-state index contributed by atoms with van der Waals surface area (Å²) in [4.78, 5) is 34.6. The highest BCUT2D eigenvalue weighted by Gasteiger charge is 2.39. The lowest BCUT2D eigenvalue weighted by Crippen LogP contribution is -2.34. The SMILES string of the molecule is O=C(O)CN1C(=O)C(=O)c2ccc(Cl)c(Cl)c21. The van der Waals surface area contributed by atoms with Crippen LogP contribution in [0.1, 0.15) is 10.4 Å². The molecule has 0 saturated heterocycles. The van der Waals surface area contributed by atoms with Crippen LogP contribution in [0.3, 0.4) is 0 Å². The summed E-state index contributed by atoms with van der Waals surface area (Å²) in [7, 11) is 0. The summed E-state index contributed by atoms with van der Waals surface area (Å²) < 4.78 is 0. The number of halogens is 2. The molecule has 7 heteroatoms. The first-order chi connectivity index (χ1) is 7.93. The first kappa shape index (κ1) is 11.9. The maximum Gasteiger partial charge on any atom is 0.323 e. The van der Waals surface area contributed by atoms with Crippen molar-refractivity contribution in [2.75, 3.05) is 11.4 Å². The third-order valence-electron chi connectivity index (χ3n) is 2.32. The number of nitrogens with zero attached hydrogens (tertiary/aromatic N) is 1. The summed E-state index contributed by atoms with van der Waals surface area (Å²) in [5.41, 5.74) is 0.141. The van der Waals surface area contributed by atoms with Crippen LogP contribution in [-0.4, -0.2) is 29.3 Å². The van der Waals surface area contributed by atoms with E-state index in [2.05, 4.69) is 0 Å². The fourth-order valence-corrected chi connectivity index (χ4v) is 2.03. The summed E-state index contributed by atoms with van der Waals surface area (Å²) in [5.74, 6) is -2.93. The Morgan fingerprint density at radius 3 is 2.53 bits per heavy atom. The number of anilines is 1. The summed E-state index contributed by atoms with van der Waals surface area (Å²) in [6, 6.07) is 2.74. The molecule has 1 aliphatic rings. The van der Waals surface area contributed by atoms with E-state index < -0.39 is 24.2 Å². The van der Waals surface area contributed by atoms with Crippen molar-refractivity contribution in [2.45, 2.75) is 0 Å². The number of fused-ring (bicyclic) bond motifs is 1. The van der Waals surface area contributed by atoms with Crippen LogP contribution in [0.4, 0.5) is 5.69 Å². The van der Waals surface area contributed by atoms with Crippen LogP contribution in [0.5, 0.6) is 0 Å². The molecule has 1 aliphatic heterocycles. The molecular weight excluding hydrogens is 269 g/mol. The topological polar surface area (TPSA) is 74.7 Å². The van der Waals surface area contributed by atoms with Crippen LogP contribution in [0, 0.1) is 0 Å². The van der Waals surface area contributed by atoms with Crippen LogP contribution < -0.4 is 4.90 Å². The second-order valence-electron chi connectivity index (χ2n) is 3.37. The molecule has 0 bridgehead atoms. The maximum atomic E-state index is 11.6. The number of hydrogen-bond donors (Lipinski definition) is 1. The fraction of sp³-hybridized carbons (Fsp3) is 0.100. The van der Waals surface area contributed by atoms with E-state index in [1.165, 1.54) is 12.1 Å². The maximum absolute atomic E-state index is 11.6. The molecule has 0 aromatic heterocycles. The van der Waals surface area contributed by atoms with Crippen LogP contribution in [-0.2, 0) is 9.59 Å². The average molecular weight is 274 g/mol. The van der Waals surface area contributed by atoms with Crippen molar-refractivity contribution in [1.29, 1.82) is 0 Å². The van der Waals surface area contributed by atoms with Gasteiger partial charge in [-0.1, -0.05) is 23.2 Å². The zero-order chi connectivity index (χ0) is 12.7. The lowest BCUT2D eigenvalue weighted by molar-refractivity contribution is -0.136. The number of rotatable bonds is 2. The molecular formula is C10H5Cl2NO4. The predicted octanol–water partition coefficient (Wildman–Crippen LogP) is 1.61. The number of carboxylic acids is 1. The number of carboxylic acid groups (broad SMARTS) is 1. The standard InChI is InChI=1S/C10H5Cl2NO4/c11-5-2-1-4-8(7(5)12)13(3-6(14)15)10(17)9(4)16/h1-2H,3H2,(H,14,15). The zero-order valence-corrected chi connectivity index (χ0v) is 9.75. The van der Waals surface area contributed by atoms with Gasteiger partial charge in [0, 0.05) is 0 Å². The highest BCUT2D eigenvalue weighted by Crippen LogP contribution is 2.39. The van der Waals surface area contributed by atoms with E-state index in [1.807, 2.05) is 0 Å². The minimum absolute atomic E-state index is 0.00427. The Balaban J connectivity index is 2.61. The van der Waals surface area contributed by atoms with E-state index in [0.29, 0.717) is 0 Å². The first-order valence-corrected chi connectivity index (χ1v) is 5.25. The minimum atomic E-state index is -1.24. The van der Waals surface area contributed by atoms with Crippen LogP contribution in [0.25, 0.3) is 0 Å². The molecule has 2 rings (SSSR count). The van der Waals surface area contributed by atoms with Gasteiger partial charge < -0.3 is 5.11 Å². The highest BCUT2D eigenvalue weighted by molar-refractivity contribution is 6.55. The van der Waals surface area contributed by atoms with Gasteiger partial charge in [-0.15, -0.1) is 0 Å². The molecule has 0 aliphatic carbocycles. The molecule has 1 aromatic rings. The lowest BCUT2D eigenvalue weighted by Gasteiger charge is -2.15. The van der Waals surface area contributed by atoms with E-state index in [4.69, 9.17) is 28.3 Å². The van der Waals surface area contributed by atoms with Gasteiger partial charge in [-0.25, -0.2) is 0 Å². The van der Waals surface area contributed by atoms with Gasteiger partial charge in [0.15, 0.2) is 0 Å². The Bertz CT molecular complexity index is 555. The Kier molecular flexibility index (Phi) is 2.81. The number of ketones is 1. The van der Waals surface area contributed by atoms with E-state index in [9.17, 15) is 14.4 Å². The Morgan fingerprint density at radius 1 is 1.29 bits per heavy atom. The van der Waals surface area contributed by atoms with Crippen molar-refractivity contribution in [3.63, 3.8) is 0 Å². The van der Waals surface area contributed by atoms with Crippen molar-refractivity contribution in [2.24, 2.45) is 0 Å². The monoisotopic (exact) mass is 273 g/mol. The van der Waals surface area contributed by atoms with E-state index in [1.54, 1.807) is 0 Å². The summed E-state index contributed by atoms with van der Waals surface area (Å²) in [5, 5.41) is 8.84. The Labute approximate surface area is 106 Å². The molecule has 0 fully saturated rings. The molecule has 0 saturated carbocycles. The largest absolute Gasteiger partial charge is 0.480 e. The minimum Gasteiger partial charge on any atom is -0.480 e. The molecule has 0 atom stereocenters. The molecule has 17 heavy (non-hydrogen) atoms. The summed E-state index contributed by atoms with van der Waals surface area (Å²) in [6.07, 6.45) is 0. The molecule has 0 spiro atoms. The molecule has 1 heterocycles. The predicted molar refractivity (Wildman–Crippen MR) is 60.8 cm³/mol. The molecule has 1 amide bonds. The van der Waals surface area contributed by atoms with Gasteiger partial charge in [0.05, 0.1) is 21.3 Å². The van der Waals surface area contributed by atoms with E-state index in [-0.39, 0.29) is 21.3 Å². The second-order valence-corrected chi connectivity index (χ2v) is 4.16. The van der Waals surface area contributed by atoms with Crippen molar-refractivity contribution in [1.82, 2.24) is 0 Å². The first-order valence-electron chi connectivity index (χ1n) is 4.49. The number of amides is 1. The molecule has 88 valence electrons. The highest BCUT2D eigenvalue weighted by atomic mass is 35.5. The Morgan fingerprint density at radius 2 is 1.94 bits per heavy atom. The van der Waals surface area contributed by atoms with Crippen LogP contribution in [0.2, 0.25) is 10.0 Å². The van der Waals surface area contributed by atoms with Crippen LogP contribution >= 0.6 is 23.2 Å². The molecule has 5 nitrogen and oxygen atoms in total. The quantitative estimate of drug-likeness (QED) is 0.831. The summed E-state index contributed by atoms with van der Waals surface area (Å²) in [6.45, 7) is -0.627. The second kappa shape index (κ2) is 4.01. The number of carbonyl (C=O) groups is 3. The summed E-state index contributed by atoms with van der Waals surface area (Å²) >= 11 is 11.6. The molecule has 0 unspecified atom stereocenters. The third-order valence-corrected chi connectivity index (χ3v) is 3.11. The van der Waals surface area contributed by atoms with E-state index >= 15 is 0 Å².